The maximum absolute atomic E-state index is 12.3. The Kier molecular flexibility index (Phi) is 6.01. The Bertz CT molecular complexity index is 919. The van der Waals surface area contributed by atoms with Crippen LogP contribution in [-0.2, 0) is 4.74 Å². The summed E-state index contributed by atoms with van der Waals surface area (Å²) in [6.07, 6.45) is 5.51. The molecule has 8 heteroatoms. The number of benzene rings is 1. The van der Waals surface area contributed by atoms with E-state index < -0.39 is 5.60 Å². The van der Waals surface area contributed by atoms with Gasteiger partial charge in [-0.1, -0.05) is 0 Å². The Balaban J connectivity index is 1.44. The summed E-state index contributed by atoms with van der Waals surface area (Å²) in [6, 6.07) is 4.37. The number of piperidine rings is 2. The molecule has 2 saturated heterocycles. The largest absolute Gasteiger partial charge is 0.444 e. The van der Waals surface area contributed by atoms with Crippen LogP contribution in [0.3, 0.4) is 0 Å². The summed E-state index contributed by atoms with van der Waals surface area (Å²) in [5, 5.41) is 15.3. The fourth-order valence-electron chi connectivity index (χ4n) is 4.55. The van der Waals surface area contributed by atoms with Gasteiger partial charge in [0.2, 0.25) is 0 Å². The van der Waals surface area contributed by atoms with E-state index in [0.29, 0.717) is 19.0 Å². The van der Waals surface area contributed by atoms with E-state index in [9.17, 15) is 9.90 Å². The van der Waals surface area contributed by atoms with Gasteiger partial charge in [-0.15, -0.1) is 0 Å². The number of nitrogen functional groups attached to an aromatic ring is 1. The van der Waals surface area contributed by atoms with Crippen LogP contribution in [0, 0.1) is 5.92 Å². The zero-order valence-corrected chi connectivity index (χ0v) is 18.9. The maximum Gasteiger partial charge on any atom is 0.410 e. The fraction of sp³-hybridized carbons (Fsp3) is 0.652. The molecule has 0 saturated carbocycles. The van der Waals surface area contributed by atoms with Crippen molar-refractivity contribution in [1.82, 2.24) is 14.7 Å². The van der Waals surface area contributed by atoms with Crippen LogP contribution in [0.25, 0.3) is 10.9 Å². The van der Waals surface area contributed by atoms with E-state index in [0.717, 1.165) is 61.1 Å². The summed E-state index contributed by atoms with van der Waals surface area (Å²) in [4.78, 5) is 16.4. The minimum absolute atomic E-state index is 0.237. The molecule has 1 aromatic heterocycles. The highest BCUT2D eigenvalue weighted by molar-refractivity contribution is 5.89. The summed E-state index contributed by atoms with van der Waals surface area (Å²) in [5.41, 5.74) is 8.67. The van der Waals surface area contributed by atoms with Gasteiger partial charge in [0.15, 0.2) is 0 Å². The number of amides is 1. The number of ether oxygens (including phenoxy) is 1. The number of nitrogens with zero attached hydrogens (tertiary/aromatic N) is 4. The predicted octanol–water partition coefficient (Wildman–Crippen LogP) is 3.40. The predicted molar refractivity (Wildman–Crippen MR) is 122 cm³/mol. The molecular weight excluding hydrogens is 394 g/mol. The normalized spacial score (nSPS) is 19.2. The minimum atomic E-state index is -0.474. The third-order valence-corrected chi connectivity index (χ3v) is 6.37. The number of carbonyl (C=O) groups is 1. The molecule has 0 unspecified atom stereocenters. The molecule has 31 heavy (non-hydrogen) atoms. The molecule has 0 bridgehead atoms. The summed E-state index contributed by atoms with van der Waals surface area (Å²) in [6.45, 7) is 9.09. The summed E-state index contributed by atoms with van der Waals surface area (Å²) in [5.74, 6) is 0.395. The van der Waals surface area contributed by atoms with Crippen LogP contribution >= 0.6 is 0 Å². The van der Waals surface area contributed by atoms with E-state index in [4.69, 9.17) is 15.6 Å². The molecule has 0 radical (unpaired) electrons. The van der Waals surface area contributed by atoms with Gasteiger partial charge in [0.25, 0.3) is 0 Å². The van der Waals surface area contributed by atoms with Crippen molar-refractivity contribution in [1.29, 1.82) is 0 Å². The standard InChI is InChI=1S/C23H35N5O3/c1-23(2,3)31-22(30)27-10-6-18(7-11-27)28-14-17-12-19(24)21(13-20(17)25-28)26-8-4-16(15-29)5-9-26/h12-14,16,18,29H,4-11,15,24H2,1-3H3. The molecule has 2 aliphatic rings. The lowest BCUT2D eigenvalue weighted by Crippen LogP contribution is -2.42. The van der Waals surface area contributed by atoms with Gasteiger partial charge in [0.05, 0.1) is 22.9 Å². The molecule has 2 aromatic rings. The average Bonchev–Trinajstić information content (AvgIpc) is 3.15. The molecule has 1 aromatic carbocycles. The van der Waals surface area contributed by atoms with Crippen molar-refractivity contribution in [2.75, 3.05) is 43.4 Å². The number of hydrogen-bond acceptors (Lipinski definition) is 6. The van der Waals surface area contributed by atoms with E-state index >= 15 is 0 Å². The molecule has 2 fully saturated rings. The number of nitrogens with two attached hydrogens (primary N) is 1. The third kappa shape index (κ3) is 4.89. The number of aromatic nitrogens is 2. The number of fused-ring (bicyclic) bond motifs is 1. The second-order valence-electron chi connectivity index (χ2n) is 9.89. The van der Waals surface area contributed by atoms with Crippen LogP contribution in [0.5, 0.6) is 0 Å². The monoisotopic (exact) mass is 429 g/mol. The summed E-state index contributed by atoms with van der Waals surface area (Å²) in [7, 11) is 0. The summed E-state index contributed by atoms with van der Waals surface area (Å²) < 4.78 is 7.54. The van der Waals surface area contributed by atoms with E-state index in [1.807, 2.05) is 31.5 Å². The molecule has 1 amide bonds. The van der Waals surface area contributed by atoms with Gasteiger partial charge in [-0.3, -0.25) is 4.68 Å². The third-order valence-electron chi connectivity index (χ3n) is 6.37. The molecule has 0 atom stereocenters. The molecule has 170 valence electrons. The second-order valence-corrected chi connectivity index (χ2v) is 9.89. The number of aliphatic hydroxyl groups is 1. The molecule has 3 N–H and O–H groups in total. The van der Waals surface area contributed by atoms with E-state index in [-0.39, 0.29) is 18.7 Å². The number of hydrogen-bond donors (Lipinski definition) is 2. The number of anilines is 2. The lowest BCUT2D eigenvalue weighted by atomic mass is 9.97. The van der Waals surface area contributed by atoms with Gasteiger partial charge in [-0.2, -0.15) is 5.10 Å². The zero-order valence-electron chi connectivity index (χ0n) is 18.9. The number of carbonyl (C=O) groups excluding carboxylic acids is 1. The SMILES string of the molecule is CC(C)(C)OC(=O)N1CCC(n2cc3cc(N)c(N4CCC(CO)CC4)cc3n2)CC1. The summed E-state index contributed by atoms with van der Waals surface area (Å²) >= 11 is 0. The van der Waals surface area contributed by atoms with Crippen LogP contribution in [-0.4, -0.2) is 64.3 Å². The molecule has 0 spiro atoms. The van der Waals surface area contributed by atoms with Gasteiger partial charge in [0.1, 0.15) is 5.60 Å². The molecule has 0 aliphatic carbocycles. The first-order chi connectivity index (χ1) is 14.7. The Morgan fingerprint density at radius 1 is 1.16 bits per heavy atom. The van der Waals surface area contributed by atoms with Gasteiger partial charge < -0.3 is 25.4 Å². The first kappa shape index (κ1) is 21.7. The first-order valence-corrected chi connectivity index (χ1v) is 11.4. The quantitative estimate of drug-likeness (QED) is 0.726. The minimum Gasteiger partial charge on any atom is -0.444 e. The van der Waals surface area contributed by atoms with Crippen molar-refractivity contribution in [2.45, 2.75) is 58.1 Å². The lowest BCUT2D eigenvalue weighted by Gasteiger charge is -2.33. The van der Waals surface area contributed by atoms with Gasteiger partial charge >= 0.3 is 6.09 Å². The van der Waals surface area contributed by atoms with Crippen molar-refractivity contribution in [3.63, 3.8) is 0 Å². The molecule has 3 heterocycles. The van der Waals surface area contributed by atoms with E-state index in [1.165, 1.54) is 0 Å². The average molecular weight is 430 g/mol. The number of likely N-dealkylation sites (tertiary alicyclic amines) is 1. The van der Waals surface area contributed by atoms with Crippen LogP contribution in [0.4, 0.5) is 16.2 Å². The van der Waals surface area contributed by atoms with Crippen molar-refractivity contribution < 1.29 is 14.6 Å². The Labute approximate surface area is 183 Å². The van der Waals surface area contributed by atoms with Crippen molar-refractivity contribution in [3.05, 3.63) is 18.3 Å². The first-order valence-electron chi connectivity index (χ1n) is 11.4. The van der Waals surface area contributed by atoms with Gasteiger partial charge in [-0.25, -0.2) is 4.79 Å². The Morgan fingerprint density at radius 2 is 1.84 bits per heavy atom. The Morgan fingerprint density at radius 3 is 2.45 bits per heavy atom. The van der Waals surface area contributed by atoms with Gasteiger partial charge in [-0.05, 0) is 64.5 Å². The molecule has 2 aliphatic heterocycles. The topological polar surface area (TPSA) is 96.8 Å². The smallest absolute Gasteiger partial charge is 0.410 e. The van der Waals surface area contributed by atoms with Crippen LogP contribution < -0.4 is 10.6 Å². The Hall–Kier alpha value is -2.48. The van der Waals surface area contributed by atoms with Crippen LogP contribution in [0.15, 0.2) is 18.3 Å². The highest BCUT2D eigenvalue weighted by Crippen LogP contribution is 2.33. The molecular formula is C23H35N5O3. The number of aliphatic hydroxyl groups excluding tert-OH is 1. The fourth-order valence-corrected chi connectivity index (χ4v) is 4.55. The van der Waals surface area contributed by atoms with Gasteiger partial charge in [0, 0.05) is 44.4 Å². The van der Waals surface area contributed by atoms with Crippen molar-refractivity contribution >= 4 is 28.4 Å². The number of rotatable bonds is 3. The molecule has 8 nitrogen and oxygen atoms in total. The van der Waals surface area contributed by atoms with E-state index in [1.54, 1.807) is 4.90 Å². The highest BCUT2D eigenvalue weighted by atomic mass is 16.6. The maximum atomic E-state index is 12.3. The highest BCUT2D eigenvalue weighted by Gasteiger charge is 2.28. The zero-order chi connectivity index (χ0) is 22.2. The van der Waals surface area contributed by atoms with Crippen LogP contribution in [0.2, 0.25) is 0 Å². The second kappa shape index (κ2) is 8.57. The van der Waals surface area contributed by atoms with Crippen molar-refractivity contribution in [2.24, 2.45) is 5.92 Å². The van der Waals surface area contributed by atoms with E-state index in [2.05, 4.69) is 17.2 Å². The molecule has 4 rings (SSSR count). The van der Waals surface area contributed by atoms with Crippen molar-refractivity contribution in [3.8, 4) is 0 Å². The lowest BCUT2D eigenvalue weighted by molar-refractivity contribution is 0.0185. The van der Waals surface area contributed by atoms with Crippen LogP contribution in [0.1, 0.15) is 52.5 Å².